The molecule has 2 aliphatic rings. The fraction of sp³-hybridized carbons (Fsp3) is 0.769. The average molecular weight is 255 g/mol. The van der Waals surface area contributed by atoms with Gasteiger partial charge in [-0.15, -0.1) is 0 Å². The zero-order chi connectivity index (χ0) is 13.3. The van der Waals surface area contributed by atoms with Crippen molar-refractivity contribution in [1.82, 2.24) is 0 Å². The van der Waals surface area contributed by atoms with Gasteiger partial charge in [0.2, 0.25) is 0 Å². The standard InChI is InChI=1S/C13H21NO4/c1-3-9(2)13(16)18-8-10-4-6-14(17)7-5-11(15)12(10)14/h3,10-12,15H,4-8H2,1-2H3/b9-3-/t10-,11-,12-,14?/m1/s1. The van der Waals surface area contributed by atoms with Crippen molar-refractivity contribution >= 4 is 5.97 Å². The van der Waals surface area contributed by atoms with Crippen molar-refractivity contribution in [3.8, 4) is 0 Å². The van der Waals surface area contributed by atoms with E-state index in [1.807, 2.05) is 0 Å². The van der Waals surface area contributed by atoms with Crippen molar-refractivity contribution in [2.24, 2.45) is 5.92 Å². The van der Waals surface area contributed by atoms with E-state index in [0.717, 1.165) is 6.42 Å². The van der Waals surface area contributed by atoms with Crippen molar-refractivity contribution in [1.29, 1.82) is 0 Å². The lowest BCUT2D eigenvalue weighted by Crippen LogP contribution is -2.47. The Morgan fingerprint density at radius 3 is 2.83 bits per heavy atom. The highest BCUT2D eigenvalue weighted by atomic mass is 16.6. The van der Waals surface area contributed by atoms with Gasteiger partial charge < -0.3 is 19.7 Å². The van der Waals surface area contributed by atoms with E-state index in [9.17, 15) is 15.1 Å². The molecule has 102 valence electrons. The molecule has 0 amide bonds. The maximum absolute atomic E-state index is 12.3. The summed E-state index contributed by atoms with van der Waals surface area (Å²) >= 11 is 0. The summed E-state index contributed by atoms with van der Waals surface area (Å²) in [4.78, 5) is 11.5. The number of carbonyl (C=O) groups excluding carboxylic acids is 1. The third-order valence-corrected chi connectivity index (χ3v) is 4.29. The van der Waals surface area contributed by atoms with E-state index in [1.54, 1.807) is 19.9 Å². The van der Waals surface area contributed by atoms with Crippen molar-refractivity contribution in [3.63, 3.8) is 0 Å². The van der Waals surface area contributed by atoms with Gasteiger partial charge in [0.15, 0.2) is 0 Å². The number of hydrogen-bond donors (Lipinski definition) is 1. The smallest absolute Gasteiger partial charge is 0.333 e. The Balaban J connectivity index is 1.93. The van der Waals surface area contributed by atoms with Crippen LogP contribution in [0.25, 0.3) is 0 Å². The summed E-state index contributed by atoms with van der Waals surface area (Å²) in [6.07, 6.45) is 2.45. The van der Waals surface area contributed by atoms with Crippen LogP contribution in [0.5, 0.6) is 0 Å². The van der Waals surface area contributed by atoms with Crippen molar-refractivity contribution < 1.29 is 19.3 Å². The highest BCUT2D eigenvalue weighted by Crippen LogP contribution is 2.39. The molecule has 4 atom stereocenters. The van der Waals surface area contributed by atoms with Crippen LogP contribution in [0.2, 0.25) is 0 Å². The second-order valence-electron chi connectivity index (χ2n) is 5.37. The van der Waals surface area contributed by atoms with Crippen LogP contribution >= 0.6 is 0 Å². The molecule has 0 aromatic carbocycles. The molecule has 0 saturated carbocycles. The highest BCUT2D eigenvalue weighted by molar-refractivity contribution is 5.87. The molecule has 18 heavy (non-hydrogen) atoms. The van der Waals surface area contributed by atoms with Crippen LogP contribution in [0.15, 0.2) is 11.6 Å². The predicted molar refractivity (Wildman–Crippen MR) is 66.3 cm³/mol. The summed E-state index contributed by atoms with van der Waals surface area (Å²) in [5, 5.41) is 22.2. The molecule has 2 rings (SSSR count). The van der Waals surface area contributed by atoms with Gasteiger partial charge in [0.05, 0.1) is 19.0 Å². The Hall–Kier alpha value is -0.910. The molecule has 2 fully saturated rings. The van der Waals surface area contributed by atoms with E-state index in [0.29, 0.717) is 25.1 Å². The van der Waals surface area contributed by atoms with E-state index in [2.05, 4.69) is 0 Å². The zero-order valence-electron chi connectivity index (χ0n) is 11.0. The molecular weight excluding hydrogens is 234 g/mol. The number of aliphatic hydroxyl groups excluding tert-OH is 1. The summed E-state index contributed by atoms with van der Waals surface area (Å²) in [6, 6.07) is -0.302. The molecule has 0 aromatic heterocycles. The number of ether oxygens (including phenoxy) is 1. The monoisotopic (exact) mass is 255 g/mol. The average Bonchev–Trinajstić information content (AvgIpc) is 2.83. The first-order valence-corrected chi connectivity index (χ1v) is 6.54. The Bertz CT molecular complexity index is 368. The number of aliphatic hydroxyl groups is 1. The fourth-order valence-corrected chi connectivity index (χ4v) is 3.09. The Morgan fingerprint density at radius 1 is 1.50 bits per heavy atom. The number of carbonyl (C=O) groups is 1. The van der Waals surface area contributed by atoms with Gasteiger partial charge in [0.1, 0.15) is 18.8 Å². The second kappa shape index (κ2) is 4.99. The molecule has 0 aromatic rings. The first-order valence-electron chi connectivity index (χ1n) is 6.54. The molecule has 0 bridgehead atoms. The van der Waals surface area contributed by atoms with E-state index in [-0.39, 0.29) is 29.2 Å². The molecule has 0 spiro atoms. The Kier molecular flexibility index (Phi) is 3.75. The van der Waals surface area contributed by atoms with Crippen LogP contribution in [0, 0.1) is 11.1 Å². The van der Waals surface area contributed by atoms with E-state index >= 15 is 0 Å². The lowest BCUT2D eigenvalue weighted by molar-refractivity contribution is -0.883. The van der Waals surface area contributed by atoms with Gasteiger partial charge in [-0.05, 0) is 13.8 Å². The molecule has 2 heterocycles. The number of esters is 1. The molecular formula is C13H21NO4. The molecule has 0 aliphatic carbocycles. The molecule has 5 heteroatoms. The molecule has 1 unspecified atom stereocenters. The highest BCUT2D eigenvalue weighted by Gasteiger charge is 2.51. The molecule has 0 radical (unpaired) electrons. The second-order valence-corrected chi connectivity index (χ2v) is 5.37. The number of hydrogen-bond acceptors (Lipinski definition) is 4. The van der Waals surface area contributed by atoms with Crippen LogP contribution in [0.4, 0.5) is 0 Å². The van der Waals surface area contributed by atoms with E-state index in [4.69, 9.17) is 4.74 Å². The quantitative estimate of drug-likeness (QED) is 0.353. The van der Waals surface area contributed by atoms with Gasteiger partial charge in [-0.2, -0.15) is 0 Å². The summed E-state index contributed by atoms with van der Waals surface area (Å²) in [5.41, 5.74) is 0.572. The van der Waals surface area contributed by atoms with Crippen molar-refractivity contribution in [2.45, 2.75) is 38.8 Å². The van der Waals surface area contributed by atoms with Crippen LogP contribution in [0.3, 0.4) is 0 Å². The fourth-order valence-electron chi connectivity index (χ4n) is 3.09. The molecule has 2 aliphatic heterocycles. The maximum Gasteiger partial charge on any atom is 0.333 e. The lowest BCUT2D eigenvalue weighted by Gasteiger charge is -2.40. The number of fused-ring (bicyclic) bond motifs is 1. The Morgan fingerprint density at radius 2 is 2.17 bits per heavy atom. The topological polar surface area (TPSA) is 69.6 Å². The number of allylic oxidation sites excluding steroid dienone is 1. The molecule has 2 saturated heterocycles. The van der Waals surface area contributed by atoms with E-state index < -0.39 is 6.10 Å². The van der Waals surface area contributed by atoms with Crippen molar-refractivity contribution in [3.05, 3.63) is 16.9 Å². The van der Waals surface area contributed by atoms with E-state index in [1.165, 1.54) is 0 Å². The third-order valence-electron chi connectivity index (χ3n) is 4.29. The van der Waals surface area contributed by atoms with Gasteiger partial charge in [-0.25, -0.2) is 4.79 Å². The minimum Gasteiger partial charge on any atom is -0.633 e. The minimum absolute atomic E-state index is 0.00592. The lowest BCUT2D eigenvalue weighted by atomic mass is 9.97. The summed E-state index contributed by atoms with van der Waals surface area (Å²) in [5.74, 6) is -0.338. The van der Waals surface area contributed by atoms with Crippen LogP contribution in [-0.4, -0.2) is 47.6 Å². The Labute approximate surface area is 107 Å². The first-order chi connectivity index (χ1) is 8.48. The summed E-state index contributed by atoms with van der Waals surface area (Å²) in [7, 11) is 0. The third kappa shape index (κ3) is 2.30. The maximum atomic E-state index is 12.3. The van der Waals surface area contributed by atoms with Gasteiger partial charge in [-0.3, -0.25) is 0 Å². The number of hydroxylamine groups is 3. The first kappa shape index (κ1) is 13.5. The SMILES string of the molecule is C/C=C(/C)C(=O)OC[C@H]1CC[N+]2([O-])CC[C@@H](O)[C@@H]12. The van der Waals surface area contributed by atoms with Gasteiger partial charge in [0.25, 0.3) is 0 Å². The van der Waals surface area contributed by atoms with Gasteiger partial charge >= 0.3 is 5.97 Å². The van der Waals surface area contributed by atoms with Crippen LogP contribution in [-0.2, 0) is 9.53 Å². The number of nitrogens with zero attached hydrogens (tertiary/aromatic N) is 1. The van der Waals surface area contributed by atoms with Crippen LogP contribution < -0.4 is 0 Å². The summed E-state index contributed by atoms with van der Waals surface area (Å²) < 4.78 is 4.91. The summed E-state index contributed by atoms with van der Waals surface area (Å²) in [6.45, 7) is 4.76. The van der Waals surface area contributed by atoms with Crippen LogP contribution in [0.1, 0.15) is 26.7 Å². The minimum atomic E-state index is -0.545. The molecule has 1 N–H and O–H groups in total. The largest absolute Gasteiger partial charge is 0.633 e. The zero-order valence-corrected chi connectivity index (χ0v) is 11.0. The van der Waals surface area contributed by atoms with Crippen molar-refractivity contribution in [2.75, 3.05) is 19.7 Å². The van der Waals surface area contributed by atoms with Gasteiger partial charge in [-0.1, -0.05) is 6.08 Å². The normalized spacial score (nSPS) is 39.8. The molecule has 5 nitrogen and oxygen atoms in total. The predicted octanol–water partition coefficient (Wildman–Crippen LogP) is 0.964. The number of rotatable bonds is 3. The van der Waals surface area contributed by atoms with Gasteiger partial charge in [0, 0.05) is 18.4 Å². The number of quaternary nitrogens is 1.